The Morgan fingerprint density at radius 3 is 1.79 bits per heavy atom. The first-order valence-corrected chi connectivity index (χ1v) is 14.3. The number of ether oxygens (including phenoxy) is 3. The van der Waals surface area contributed by atoms with Crippen LogP contribution in [0, 0.1) is 27.7 Å². The number of methoxy groups -OCH3 is 1. The lowest BCUT2D eigenvalue weighted by Crippen LogP contribution is -2.34. The van der Waals surface area contributed by atoms with Crippen molar-refractivity contribution in [3.63, 3.8) is 0 Å². The highest BCUT2D eigenvalue weighted by atomic mass is 127. The van der Waals surface area contributed by atoms with Crippen molar-refractivity contribution in [2.75, 3.05) is 29.3 Å². The average molecular weight is 645 g/mol. The molecule has 0 heterocycles. The van der Waals surface area contributed by atoms with Crippen molar-refractivity contribution in [2.24, 2.45) is 0 Å². The van der Waals surface area contributed by atoms with Crippen molar-refractivity contribution in [2.45, 2.75) is 80.4 Å². The average Bonchev–Trinajstić information content (AvgIpc) is 2.75. The summed E-state index contributed by atoms with van der Waals surface area (Å²) in [5, 5.41) is 12.3. The Bertz CT molecular complexity index is 1090. The second-order valence-corrected chi connectivity index (χ2v) is 10.8. The van der Waals surface area contributed by atoms with Gasteiger partial charge in [0.1, 0.15) is 22.7 Å². The number of carbonyl (C=O) groups excluding carboxylic acids is 2. The first-order chi connectivity index (χ1) is 17.3. The molecule has 0 saturated carbocycles. The zero-order valence-corrected chi connectivity index (χ0v) is 27.3. The molecule has 2 aromatic rings. The summed E-state index contributed by atoms with van der Waals surface area (Å²) in [5.41, 5.74) is 3.76. The minimum atomic E-state index is -0.571. The second-order valence-electron chi connectivity index (χ2n) is 10.8. The molecule has 0 unspecified atom stereocenters. The second kappa shape index (κ2) is 15.0. The zero-order chi connectivity index (χ0) is 30.0. The number of nitrogens with zero attached hydrogens (tertiary/aromatic N) is 1. The van der Waals surface area contributed by atoms with Gasteiger partial charge in [-0.05, 0) is 109 Å². The van der Waals surface area contributed by atoms with Crippen molar-refractivity contribution in [1.29, 1.82) is 0 Å². The Labute approximate surface area is 242 Å². The fourth-order valence-electron chi connectivity index (χ4n) is 3.34. The van der Waals surface area contributed by atoms with E-state index in [4.69, 9.17) is 14.2 Å². The van der Waals surface area contributed by atoms with Crippen LogP contribution in [0.4, 0.5) is 21.0 Å². The van der Waals surface area contributed by atoms with E-state index in [-0.39, 0.29) is 5.75 Å². The Morgan fingerprint density at radius 2 is 1.32 bits per heavy atom. The molecule has 0 aromatic heterocycles. The maximum Gasteiger partial charge on any atom is 0.414 e. The van der Waals surface area contributed by atoms with Gasteiger partial charge in [-0.15, -0.1) is 0 Å². The third-order valence-corrected chi connectivity index (χ3v) is 4.71. The highest BCUT2D eigenvalue weighted by Crippen LogP contribution is 2.33. The van der Waals surface area contributed by atoms with Crippen LogP contribution in [-0.4, -0.2) is 47.6 Å². The molecule has 8 nitrogen and oxygen atoms in total. The summed E-state index contributed by atoms with van der Waals surface area (Å²) in [7, 11) is 3.29. The van der Waals surface area contributed by atoms with Crippen LogP contribution in [0.2, 0.25) is 0 Å². The van der Waals surface area contributed by atoms with Gasteiger partial charge in [-0.3, -0.25) is 10.2 Å². The maximum absolute atomic E-state index is 12.1. The minimum Gasteiger partial charge on any atom is -0.505 e. The van der Waals surface area contributed by atoms with Crippen molar-refractivity contribution < 1.29 is 28.9 Å². The molecule has 0 radical (unpaired) electrons. The summed E-state index contributed by atoms with van der Waals surface area (Å²) in [6.07, 6.45) is -0.964. The van der Waals surface area contributed by atoms with E-state index >= 15 is 0 Å². The lowest BCUT2D eigenvalue weighted by molar-refractivity contribution is 0.0586. The molecule has 0 bridgehead atoms. The molecule has 0 aliphatic heterocycles. The molecule has 2 aromatic carbocycles. The minimum absolute atomic E-state index is 0.0708. The normalized spacial score (nSPS) is 10.7. The number of benzene rings is 2. The third-order valence-electron chi connectivity index (χ3n) is 4.71. The number of aryl methyl sites for hydroxylation is 4. The molecule has 9 heteroatoms. The van der Waals surface area contributed by atoms with Crippen LogP contribution in [0.3, 0.4) is 0 Å². The predicted octanol–water partition coefficient (Wildman–Crippen LogP) is 8.09. The van der Waals surface area contributed by atoms with Crippen LogP contribution in [0.5, 0.6) is 11.5 Å². The van der Waals surface area contributed by atoms with Crippen LogP contribution >= 0.6 is 22.6 Å². The number of carbonyl (C=O) groups is 2. The largest absolute Gasteiger partial charge is 0.505 e. The van der Waals surface area contributed by atoms with Gasteiger partial charge in [0.05, 0.1) is 18.5 Å². The van der Waals surface area contributed by atoms with Gasteiger partial charge >= 0.3 is 12.2 Å². The summed E-state index contributed by atoms with van der Waals surface area (Å²) in [5.74, 6) is 0.764. The third kappa shape index (κ3) is 12.2. The van der Waals surface area contributed by atoms with E-state index in [9.17, 15) is 14.7 Å². The predicted molar refractivity (Wildman–Crippen MR) is 164 cm³/mol. The molecular weight excluding hydrogens is 599 g/mol. The number of amides is 2. The number of nitrogens with one attached hydrogen (secondary N) is 1. The summed E-state index contributed by atoms with van der Waals surface area (Å²) < 4.78 is 15.9. The summed E-state index contributed by atoms with van der Waals surface area (Å²) in [6.45, 7) is 18.5. The number of phenolic OH excluding ortho intramolecular Hbond substituents is 1. The van der Waals surface area contributed by atoms with Gasteiger partial charge < -0.3 is 19.3 Å². The quantitative estimate of drug-likeness (QED) is 0.199. The maximum atomic E-state index is 12.1. The molecule has 38 heavy (non-hydrogen) atoms. The fraction of sp³-hybridized carbons (Fsp3) is 0.517. The van der Waals surface area contributed by atoms with E-state index in [0.717, 1.165) is 22.3 Å². The van der Waals surface area contributed by atoms with Crippen LogP contribution in [-0.2, 0) is 9.47 Å². The number of hydrogen-bond acceptors (Lipinski definition) is 6. The van der Waals surface area contributed by atoms with Crippen LogP contribution in [0.25, 0.3) is 0 Å². The summed E-state index contributed by atoms with van der Waals surface area (Å²) in [4.78, 5) is 27.1. The standard InChI is InChI=1S/C15H23NO3.C13H19NO3.CH3I/c1-10-8-11(2)13(18-7)12(9-10)16(6)14(17)19-15(3,4)5;1-8-6-9(2)11(15)10(7-8)14-12(16)17-13(3,4)5;1-2/h8-9H,1-7H3;6-7,15H,1-5H3,(H,14,16);1H3. The highest BCUT2D eigenvalue weighted by molar-refractivity contribution is 14.1. The van der Waals surface area contributed by atoms with Crippen molar-refractivity contribution in [3.8, 4) is 11.5 Å². The topological polar surface area (TPSA) is 97.3 Å². The molecular formula is C29H45IN2O6. The van der Waals surface area contributed by atoms with E-state index in [1.165, 1.54) is 4.90 Å². The van der Waals surface area contributed by atoms with Gasteiger partial charge in [-0.1, -0.05) is 34.7 Å². The van der Waals surface area contributed by atoms with Crippen LogP contribution in [0.1, 0.15) is 63.8 Å². The molecule has 2 amide bonds. The molecule has 214 valence electrons. The van der Waals surface area contributed by atoms with E-state index in [1.807, 2.05) is 64.7 Å². The molecule has 0 aliphatic carbocycles. The van der Waals surface area contributed by atoms with Gasteiger partial charge in [0, 0.05) is 7.05 Å². The van der Waals surface area contributed by atoms with Crippen LogP contribution < -0.4 is 15.0 Å². The Hall–Kier alpha value is -2.69. The Balaban J connectivity index is 0.000000680. The van der Waals surface area contributed by atoms with E-state index in [2.05, 4.69) is 27.9 Å². The molecule has 0 aliphatic rings. The number of halogens is 1. The number of aromatic hydroxyl groups is 1. The molecule has 2 N–H and O–H groups in total. The van der Waals surface area contributed by atoms with E-state index in [0.29, 0.717) is 17.1 Å². The number of alkyl halides is 1. The van der Waals surface area contributed by atoms with Crippen molar-refractivity contribution in [3.05, 3.63) is 46.5 Å². The summed E-state index contributed by atoms with van der Waals surface area (Å²) >= 11 is 2.15. The van der Waals surface area contributed by atoms with Gasteiger partial charge in [0.25, 0.3) is 0 Å². The monoisotopic (exact) mass is 644 g/mol. The number of rotatable bonds is 3. The van der Waals surface area contributed by atoms with Gasteiger partial charge in [-0.2, -0.15) is 0 Å². The highest BCUT2D eigenvalue weighted by Gasteiger charge is 2.23. The first kappa shape index (κ1) is 35.3. The zero-order valence-electron chi connectivity index (χ0n) is 25.1. The molecule has 0 atom stereocenters. The van der Waals surface area contributed by atoms with Gasteiger partial charge in [0.2, 0.25) is 0 Å². The van der Waals surface area contributed by atoms with E-state index < -0.39 is 23.4 Å². The fourth-order valence-corrected chi connectivity index (χ4v) is 3.34. The van der Waals surface area contributed by atoms with Crippen molar-refractivity contribution >= 4 is 46.2 Å². The molecule has 0 fully saturated rings. The summed E-state index contributed by atoms with van der Waals surface area (Å²) in [6, 6.07) is 7.48. The Morgan fingerprint density at radius 1 is 0.842 bits per heavy atom. The van der Waals surface area contributed by atoms with Crippen molar-refractivity contribution in [1.82, 2.24) is 0 Å². The number of hydrogen-bond donors (Lipinski definition) is 2. The first-order valence-electron chi connectivity index (χ1n) is 12.1. The molecule has 0 saturated heterocycles. The molecule has 0 spiro atoms. The van der Waals surface area contributed by atoms with Crippen LogP contribution in [0.15, 0.2) is 24.3 Å². The van der Waals surface area contributed by atoms with Gasteiger partial charge in [-0.25, -0.2) is 9.59 Å². The SMILES string of the molecule is CI.COc1c(C)cc(C)cc1N(C)C(=O)OC(C)(C)C.Cc1cc(C)c(O)c(NC(=O)OC(C)(C)C)c1. The Kier molecular flexibility index (Phi) is 14.0. The number of phenols is 1. The lowest BCUT2D eigenvalue weighted by atomic mass is 10.1. The van der Waals surface area contributed by atoms with Gasteiger partial charge in [0.15, 0.2) is 0 Å². The smallest absolute Gasteiger partial charge is 0.414 e. The number of anilines is 2. The molecule has 2 rings (SSSR count). The lowest BCUT2D eigenvalue weighted by Gasteiger charge is -2.26. The van der Waals surface area contributed by atoms with E-state index in [1.54, 1.807) is 47.9 Å².